The number of carbonyl (C=O) groups is 2. The van der Waals surface area contributed by atoms with Crippen LogP contribution in [0.5, 0.6) is 0 Å². The first-order valence-corrected chi connectivity index (χ1v) is 10.7. The second-order valence-corrected chi connectivity index (χ2v) is 8.17. The van der Waals surface area contributed by atoms with Gasteiger partial charge in [0.05, 0.1) is 6.04 Å². The van der Waals surface area contributed by atoms with Crippen molar-refractivity contribution >= 4 is 22.7 Å². The van der Waals surface area contributed by atoms with Gasteiger partial charge in [-0.3, -0.25) is 9.69 Å². The summed E-state index contributed by atoms with van der Waals surface area (Å²) in [5.41, 5.74) is 6.41. The largest absolute Gasteiger partial charge is 0.352 e. The number of nitrogens with one attached hydrogen (secondary N) is 1. The van der Waals surface area contributed by atoms with Crippen LogP contribution in [0.25, 0.3) is 10.8 Å². The maximum absolute atomic E-state index is 13.2. The molecule has 6 nitrogen and oxygen atoms in total. The van der Waals surface area contributed by atoms with Crippen molar-refractivity contribution in [1.29, 1.82) is 0 Å². The fourth-order valence-electron chi connectivity index (χ4n) is 4.37. The highest BCUT2D eigenvalue weighted by Crippen LogP contribution is 2.32. The molecule has 1 saturated carbocycles. The van der Waals surface area contributed by atoms with Gasteiger partial charge in [-0.2, -0.15) is 0 Å². The van der Waals surface area contributed by atoms with E-state index in [4.69, 9.17) is 5.73 Å². The monoisotopic (exact) mass is 394 g/mol. The number of benzene rings is 2. The van der Waals surface area contributed by atoms with Gasteiger partial charge in [0.25, 0.3) is 0 Å². The molecule has 0 radical (unpaired) electrons. The Bertz CT molecular complexity index is 880. The van der Waals surface area contributed by atoms with Crippen LogP contribution in [0.2, 0.25) is 0 Å². The first kappa shape index (κ1) is 19.7. The maximum Gasteiger partial charge on any atom is 0.312 e. The standard InChI is InChI=1S/C23H30N4O2/c24-23(29)25-12-3-6-21-22(28)26(14-15-27(21)20-9-10-20)13-11-17-7-8-18-4-1-2-5-19(18)16-17/h1-2,4-5,7-8,16,20-21H,3,6,9-15H2,(H3,24,25,29)/t21-/m0/s1. The van der Waals surface area contributed by atoms with Crippen molar-refractivity contribution in [2.24, 2.45) is 5.73 Å². The Kier molecular flexibility index (Phi) is 6.00. The molecule has 0 unspecified atom stereocenters. The van der Waals surface area contributed by atoms with Crippen LogP contribution in [0.1, 0.15) is 31.2 Å². The highest BCUT2D eigenvalue weighted by molar-refractivity contribution is 5.84. The average molecular weight is 395 g/mol. The van der Waals surface area contributed by atoms with E-state index in [0.717, 1.165) is 38.9 Å². The third-order valence-electron chi connectivity index (χ3n) is 6.08. The molecule has 3 N–H and O–H groups in total. The van der Waals surface area contributed by atoms with Crippen LogP contribution in [0.4, 0.5) is 4.79 Å². The molecule has 3 amide bonds. The summed E-state index contributed by atoms with van der Waals surface area (Å²) in [7, 11) is 0. The normalized spacial score (nSPS) is 20.2. The van der Waals surface area contributed by atoms with Gasteiger partial charge < -0.3 is 16.0 Å². The van der Waals surface area contributed by atoms with Gasteiger partial charge >= 0.3 is 6.03 Å². The number of carbonyl (C=O) groups excluding carboxylic acids is 2. The number of piperazine rings is 1. The minimum Gasteiger partial charge on any atom is -0.352 e. The molecule has 2 aromatic carbocycles. The molecular weight excluding hydrogens is 364 g/mol. The van der Waals surface area contributed by atoms with E-state index >= 15 is 0 Å². The Morgan fingerprint density at radius 2 is 1.90 bits per heavy atom. The summed E-state index contributed by atoms with van der Waals surface area (Å²) in [5, 5.41) is 5.12. The predicted octanol–water partition coefficient (Wildman–Crippen LogP) is 2.51. The smallest absolute Gasteiger partial charge is 0.312 e. The molecular formula is C23H30N4O2. The number of hydrogen-bond donors (Lipinski definition) is 2. The molecule has 1 aliphatic carbocycles. The van der Waals surface area contributed by atoms with Gasteiger partial charge in [0.15, 0.2) is 0 Å². The molecule has 1 atom stereocenters. The molecule has 2 fully saturated rings. The molecule has 1 heterocycles. The third-order valence-corrected chi connectivity index (χ3v) is 6.08. The fraction of sp³-hybridized carbons (Fsp3) is 0.478. The number of primary amides is 1. The van der Waals surface area contributed by atoms with Crippen molar-refractivity contribution in [2.75, 3.05) is 26.2 Å². The molecule has 6 heteroatoms. The third kappa shape index (κ3) is 4.88. The summed E-state index contributed by atoms with van der Waals surface area (Å²) in [4.78, 5) is 28.5. The second kappa shape index (κ2) is 8.82. The topological polar surface area (TPSA) is 78.7 Å². The number of urea groups is 1. The Balaban J connectivity index is 1.36. The molecule has 1 saturated heterocycles. The number of nitrogens with two attached hydrogens (primary N) is 1. The van der Waals surface area contributed by atoms with Crippen molar-refractivity contribution in [2.45, 2.75) is 44.2 Å². The van der Waals surface area contributed by atoms with E-state index in [-0.39, 0.29) is 11.9 Å². The summed E-state index contributed by atoms with van der Waals surface area (Å²) >= 11 is 0. The van der Waals surface area contributed by atoms with Crippen LogP contribution in [0.15, 0.2) is 42.5 Å². The number of amides is 3. The Morgan fingerprint density at radius 1 is 1.10 bits per heavy atom. The highest BCUT2D eigenvalue weighted by Gasteiger charge is 2.41. The summed E-state index contributed by atoms with van der Waals surface area (Å²) in [5.74, 6) is 0.239. The Morgan fingerprint density at radius 3 is 2.66 bits per heavy atom. The number of hydrogen-bond acceptors (Lipinski definition) is 3. The molecule has 154 valence electrons. The lowest BCUT2D eigenvalue weighted by atomic mass is 10.0. The van der Waals surface area contributed by atoms with Crippen LogP contribution in [-0.2, 0) is 11.2 Å². The van der Waals surface area contributed by atoms with Gasteiger partial charge in [0.1, 0.15) is 0 Å². The van der Waals surface area contributed by atoms with Gasteiger partial charge in [-0.05, 0) is 48.4 Å². The van der Waals surface area contributed by atoms with E-state index in [9.17, 15) is 9.59 Å². The lowest BCUT2D eigenvalue weighted by Gasteiger charge is -2.41. The molecule has 29 heavy (non-hydrogen) atoms. The summed E-state index contributed by atoms with van der Waals surface area (Å²) in [6, 6.07) is 14.9. The zero-order chi connectivity index (χ0) is 20.2. The van der Waals surface area contributed by atoms with Crippen LogP contribution in [0.3, 0.4) is 0 Å². The van der Waals surface area contributed by atoms with Gasteiger partial charge in [-0.15, -0.1) is 0 Å². The van der Waals surface area contributed by atoms with E-state index in [1.165, 1.54) is 29.2 Å². The van der Waals surface area contributed by atoms with E-state index in [0.29, 0.717) is 12.6 Å². The van der Waals surface area contributed by atoms with E-state index in [1.54, 1.807) is 0 Å². The van der Waals surface area contributed by atoms with Crippen molar-refractivity contribution in [3.8, 4) is 0 Å². The number of nitrogens with zero attached hydrogens (tertiary/aromatic N) is 2. The second-order valence-electron chi connectivity index (χ2n) is 8.17. The zero-order valence-electron chi connectivity index (χ0n) is 16.8. The molecule has 2 aliphatic rings. The molecule has 0 spiro atoms. The van der Waals surface area contributed by atoms with Gasteiger partial charge in [0.2, 0.25) is 5.91 Å². The first-order chi connectivity index (χ1) is 14.1. The minimum atomic E-state index is -0.504. The Labute approximate surface area is 172 Å². The summed E-state index contributed by atoms with van der Waals surface area (Å²) in [6.45, 7) is 3.03. The predicted molar refractivity (Wildman–Crippen MR) is 115 cm³/mol. The van der Waals surface area contributed by atoms with Crippen molar-refractivity contribution in [1.82, 2.24) is 15.1 Å². The summed E-state index contributed by atoms with van der Waals surface area (Å²) < 4.78 is 0. The molecule has 4 rings (SSSR count). The summed E-state index contributed by atoms with van der Waals surface area (Å²) in [6.07, 6.45) is 4.79. The fourth-order valence-corrected chi connectivity index (χ4v) is 4.37. The zero-order valence-corrected chi connectivity index (χ0v) is 16.8. The van der Waals surface area contributed by atoms with Crippen LogP contribution < -0.4 is 11.1 Å². The van der Waals surface area contributed by atoms with Crippen molar-refractivity contribution in [3.05, 3.63) is 48.0 Å². The van der Waals surface area contributed by atoms with Crippen LogP contribution in [-0.4, -0.2) is 60.0 Å². The van der Waals surface area contributed by atoms with E-state index in [1.807, 2.05) is 4.90 Å². The number of fused-ring (bicyclic) bond motifs is 1. The van der Waals surface area contributed by atoms with Crippen LogP contribution in [0, 0.1) is 0 Å². The molecule has 0 aromatic heterocycles. The van der Waals surface area contributed by atoms with Crippen molar-refractivity contribution < 1.29 is 9.59 Å². The average Bonchev–Trinajstić information content (AvgIpc) is 3.56. The quantitative estimate of drug-likeness (QED) is 0.675. The van der Waals surface area contributed by atoms with E-state index in [2.05, 4.69) is 52.7 Å². The maximum atomic E-state index is 13.2. The van der Waals surface area contributed by atoms with Crippen LogP contribution >= 0.6 is 0 Å². The molecule has 1 aliphatic heterocycles. The highest BCUT2D eigenvalue weighted by atomic mass is 16.2. The lowest BCUT2D eigenvalue weighted by Crippen LogP contribution is -2.58. The van der Waals surface area contributed by atoms with E-state index < -0.39 is 6.03 Å². The Hall–Kier alpha value is -2.60. The first-order valence-electron chi connectivity index (χ1n) is 10.7. The molecule has 2 aromatic rings. The van der Waals surface area contributed by atoms with Gasteiger partial charge in [-0.25, -0.2) is 4.79 Å². The van der Waals surface area contributed by atoms with Gasteiger partial charge in [0, 0.05) is 32.2 Å². The molecule has 0 bridgehead atoms. The van der Waals surface area contributed by atoms with Crippen molar-refractivity contribution in [3.63, 3.8) is 0 Å². The lowest BCUT2D eigenvalue weighted by molar-refractivity contribution is -0.142. The van der Waals surface area contributed by atoms with Gasteiger partial charge in [-0.1, -0.05) is 42.5 Å². The SMILES string of the molecule is NC(=O)NCCC[C@H]1C(=O)N(CCc2ccc3ccccc3c2)CCN1C1CC1. The minimum absolute atomic E-state index is 0.0671. The number of rotatable bonds is 8.